The first-order valence-electron chi connectivity index (χ1n) is 13.5. The van der Waals surface area contributed by atoms with Crippen molar-refractivity contribution in [3.63, 3.8) is 0 Å². The second-order valence-electron chi connectivity index (χ2n) is 11.9. The van der Waals surface area contributed by atoms with Crippen molar-refractivity contribution >= 4 is 15.7 Å². The molecule has 7 rings (SSSR count). The summed E-state index contributed by atoms with van der Waals surface area (Å²) in [7, 11) is -3.12. The Balaban J connectivity index is 1.27. The van der Waals surface area contributed by atoms with E-state index in [-0.39, 0.29) is 47.2 Å². The zero-order chi connectivity index (χ0) is 25.5. The van der Waals surface area contributed by atoms with Crippen molar-refractivity contribution < 1.29 is 18.3 Å². The van der Waals surface area contributed by atoms with Crippen LogP contribution >= 0.6 is 0 Å². The van der Waals surface area contributed by atoms with Crippen molar-refractivity contribution in [2.75, 3.05) is 37.7 Å². The molecule has 0 spiro atoms. The Morgan fingerprint density at radius 2 is 1.86 bits per heavy atom. The number of amides is 1. The number of hydrogen-bond acceptors (Lipinski definition) is 6. The van der Waals surface area contributed by atoms with Crippen molar-refractivity contribution in [3.05, 3.63) is 62.6 Å². The Labute approximate surface area is 216 Å². The molecular formula is C28H33N3O5S. The predicted octanol–water partition coefficient (Wildman–Crippen LogP) is 1.64. The number of aromatic hydroxyl groups is 1. The zero-order valence-electron chi connectivity index (χ0n) is 20.9. The van der Waals surface area contributed by atoms with Crippen LogP contribution in [0.1, 0.15) is 52.0 Å². The minimum absolute atomic E-state index is 0.0586. The number of nitrogens with zero attached hydrogens (tertiary/aromatic N) is 2. The van der Waals surface area contributed by atoms with Crippen molar-refractivity contribution in [2.45, 2.75) is 50.0 Å². The van der Waals surface area contributed by atoms with Crippen LogP contribution in [0.5, 0.6) is 5.75 Å². The SMILES string of the molecule is O=C(c1cc2c([nH]c1=O)C[C@]13CCN(CC4CC4)[C@H](Cc4ccc(O)cc41)[C@@H]3C2)N1CCS(=O)(=O)CC1. The van der Waals surface area contributed by atoms with Crippen LogP contribution in [0.2, 0.25) is 0 Å². The van der Waals surface area contributed by atoms with Gasteiger partial charge < -0.3 is 15.0 Å². The topological polar surface area (TPSA) is 111 Å². The number of sulfone groups is 1. The molecule has 2 aliphatic heterocycles. The molecule has 2 N–H and O–H groups in total. The number of carbonyl (C=O) groups excluding carboxylic acids is 1. The lowest BCUT2D eigenvalue weighted by molar-refractivity contribution is 0.00458. The molecule has 0 unspecified atom stereocenters. The third-order valence-electron chi connectivity index (χ3n) is 9.75. The van der Waals surface area contributed by atoms with E-state index >= 15 is 0 Å². The molecule has 3 heterocycles. The highest BCUT2D eigenvalue weighted by Crippen LogP contribution is 2.55. The fourth-order valence-corrected chi connectivity index (χ4v) is 8.81. The fraction of sp³-hybridized carbons (Fsp3) is 0.571. The summed E-state index contributed by atoms with van der Waals surface area (Å²) in [6.07, 6.45) is 6.06. The molecular weight excluding hydrogens is 490 g/mol. The predicted molar refractivity (Wildman–Crippen MR) is 139 cm³/mol. The zero-order valence-corrected chi connectivity index (χ0v) is 21.7. The van der Waals surface area contributed by atoms with Gasteiger partial charge in [-0.25, -0.2) is 8.42 Å². The average Bonchev–Trinajstić information content (AvgIpc) is 3.68. The van der Waals surface area contributed by atoms with Crippen LogP contribution in [0.3, 0.4) is 0 Å². The van der Waals surface area contributed by atoms with Gasteiger partial charge in [-0.2, -0.15) is 0 Å². The summed E-state index contributed by atoms with van der Waals surface area (Å²) in [5, 5.41) is 10.4. The molecule has 8 nitrogen and oxygen atoms in total. The van der Waals surface area contributed by atoms with E-state index < -0.39 is 15.4 Å². The largest absolute Gasteiger partial charge is 0.508 e. The number of aromatic nitrogens is 1. The van der Waals surface area contributed by atoms with Gasteiger partial charge in [0.2, 0.25) is 0 Å². The van der Waals surface area contributed by atoms with E-state index in [0.717, 1.165) is 49.5 Å². The van der Waals surface area contributed by atoms with Crippen LogP contribution in [0.15, 0.2) is 29.1 Å². The summed E-state index contributed by atoms with van der Waals surface area (Å²) in [4.78, 5) is 33.6. The maximum atomic E-state index is 13.3. The molecule has 5 aliphatic rings. The van der Waals surface area contributed by atoms with Gasteiger partial charge in [0.1, 0.15) is 11.3 Å². The number of carbonyl (C=O) groups is 1. The van der Waals surface area contributed by atoms with Gasteiger partial charge in [-0.05, 0) is 91.8 Å². The van der Waals surface area contributed by atoms with Crippen LogP contribution in [0, 0.1) is 11.8 Å². The Kier molecular flexibility index (Phi) is 5.18. The van der Waals surface area contributed by atoms with Crippen LogP contribution in [-0.2, 0) is 34.5 Å². The molecule has 0 radical (unpaired) electrons. The van der Waals surface area contributed by atoms with E-state index in [9.17, 15) is 23.1 Å². The first-order chi connectivity index (χ1) is 17.7. The van der Waals surface area contributed by atoms with Gasteiger partial charge in [0.25, 0.3) is 11.5 Å². The highest BCUT2D eigenvalue weighted by atomic mass is 32.2. The molecule has 37 heavy (non-hydrogen) atoms. The minimum Gasteiger partial charge on any atom is -0.508 e. The van der Waals surface area contributed by atoms with E-state index in [0.29, 0.717) is 18.4 Å². The van der Waals surface area contributed by atoms with Crippen molar-refractivity contribution in [1.82, 2.24) is 14.8 Å². The second-order valence-corrected chi connectivity index (χ2v) is 14.2. The number of rotatable bonds is 3. The molecule has 3 aliphatic carbocycles. The van der Waals surface area contributed by atoms with Crippen molar-refractivity contribution in [1.29, 1.82) is 0 Å². The van der Waals surface area contributed by atoms with Crippen LogP contribution in [0.25, 0.3) is 0 Å². The summed E-state index contributed by atoms with van der Waals surface area (Å²) < 4.78 is 23.6. The van der Waals surface area contributed by atoms with Gasteiger partial charge in [0, 0.05) is 36.8 Å². The third-order valence-corrected chi connectivity index (χ3v) is 11.4. The molecule has 196 valence electrons. The Hall–Kier alpha value is -2.65. The molecule has 3 atom stereocenters. The molecule has 2 aromatic rings. The molecule has 2 bridgehead atoms. The van der Waals surface area contributed by atoms with Crippen LogP contribution in [0.4, 0.5) is 0 Å². The summed E-state index contributed by atoms with van der Waals surface area (Å²) >= 11 is 0. The number of nitrogens with one attached hydrogen (secondary N) is 1. The van der Waals surface area contributed by atoms with Gasteiger partial charge in [0.05, 0.1) is 11.5 Å². The fourth-order valence-electron chi connectivity index (χ4n) is 7.61. The molecule has 1 aromatic carbocycles. The number of benzene rings is 1. The molecule has 9 heteroatoms. The number of H-pyrrole nitrogens is 1. The van der Waals surface area contributed by atoms with Gasteiger partial charge in [-0.1, -0.05) is 6.07 Å². The summed E-state index contributed by atoms with van der Waals surface area (Å²) in [5.74, 6) is 0.936. The number of likely N-dealkylation sites (tertiary alicyclic amines) is 1. The first kappa shape index (κ1) is 23.5. The number of pyridine rings is 1. The monoisotopic (exact) mass is 523 g/mol. The summed E-state index contributed by atoms with van der Waals surface area (Å²) in [5.41, 5.74) is 4.02. The normalized spacial score (nSPS) is 30.2. The molecule has 2 saturated heterocycles. The number of phenolic OH excluding ortho intramolecular Hbond substituents is 1. The number of aromatic amines is 1. The third kappa shape index (κ3) is 3.84. The number of phenols is 1. The van der Waals surface area contributed by atoms with E-state index in [1.165, 1.54) is 28.9 Å². The summed E-state index contributed by atoms with van der Waals surface area (Å²) in [6, 6.07) is 8.00. The van der Waals surface area contributed by atoms with E-state index in [1.54, 1.807) is 12.1 Å². The van der Waals surface area contributed by atoms with Gasteiger partial charge in [-0.15, -0.1) is 0 Å². The first-order valence-corrected chi connectivity index (χ1v) is 15.4. The van der Waals surface area contributed by atoms with Crippen molar-refractivity contribution in [2.24, 2.45) is 11.8 Å². The number of fused-ring (bicyclic) bond motifs is 2. The highest BCUT2D eigenvalue weighted by Gasteiger charge is 2.55. The molecule has 1 aromatic heterocycles. The second kappa shape index (κ2) is 8.17. The number of piperidine rings is 1. The van der Waals surface area contributed by atoms with E-state index in [1.807, 2.05) is 6.07 Å². The lowest BCUT2D eigenvalue weighted by atomic mass is 9.52. The molecule has 1 saturated carbocycles. The smallest absolute Gasteiger partial charge is 0.261 e. The van der Waals surface area contributed by atoms with Gasteiger partial charge in [-0.3, -0.25) is 14.5 Å². The van der Waals surface area contributed by atoms with Gasteiger partial charge in [0.15, 0.2) is 9.84 Å². The Morgan fingerprint density at radius 1 is 1.08 bits per heavy atom. The van der Waals surface area contributed by atoms with Crippen LogP contribution in [-0.4, -0.2) is 77.9 Å². The van der Waals surface area contributed by atoms with Crippen LogP contribution < -0.4 is 5.56 Å². The molecule has 3 fully saturated rings. The maximum absolute atomic E-state index is 13.3. The maximum Gasteiger partial charge on any atom is 0.261 e. The lowest BCUT2D eigenvalue weighted by Crippen LogP contribution is -2.63. The van der Waals surface area contributed by atoms with Gasteiger partial charge >= 0.3 is 0 Å². The van der Waals surface area contributed by atoms with Crippen molar-refractivity contribution in [3.8, 4) is 5.75 Å². The Morgan fingerprint density at radius 3 is 2.62 bits per heavy atom. The number of hydrogen-bond donors (Lipinski definition) is 2. The quantitative estimate of drug-likeness (QED) is 0.633. The van der Waals surface area contributed by atoms with E-state index in [4.69, 9.17) is 0 Å². The summed E-state index contributed by atoms with van der Waals surface area (Å²) in [6.45, 7) is 2.43. The minimum atomic E-state index is -3.12. The highest BCUT2D eigenvalue weighted by molar-refractivity contribution is 7.91. The standard InChI is InChI=1S/C28H33N3O5S/c32-20-4-3-18-13-25-23-12-19-11-21(27(34)30-7-9-37(35,36)10-8-30)26(33)29-24(19)15-28(23,22(18)14-20)5-6-31(25)16-17-1-2-17/h3-4,11,14,17,23,25,32H,1-2,5-10,12-13,15-16H2,(H,29,33)/t23-,25+,28+/m0/s1. The average molecular weight is 524 g/mol. The molecule has 1 amide bonds. The lowest BCUT2D eigenvalue weighted by Gasteiger charge is -2.59. The Bertz CT molecular complexity index is 1450. The van der Waals surface area contributed by atoms with E-state index in [2.05, 4.69) is 16.0 Å².